The Morgan fingerprint density at radius 1 is 1.35 bits per heavy atom. The van der Waals surface area contributed by atoms with E-state index >= 15 is 0 Å². The highest BCUT2D eigenvalue weighted by Crippen LogP contribution is 2.20. The van der Waals surface area contributed by atoms with Crippen LogP contribution in [0.5, 0.6) is 0 Å². The van der Waals surface area contributed by atoms with E-state index in [1.165, 1.54) is 4.68 Å². The van der Waals surface area contributed by atoms with Crippen LogP contribution in [0.4, 0.5) is 0 Å². The molecule has 6 heteroatoms. The van der Waals surface area contributed by atoms with Crippen molar-refractivity contribution in [3.8, 4) is 0 Å². The lowest BCUT2D eigenvalue weighted by Crippen LogP contribution is -2.38. The molecule has 1 aliphatic carbocycles. The smallest absolute Gasteiger partial charge is 0.339 e. The van der Waals surface area contributed by atoms with Gasteiger partial charge in [0.05, 0.1) is 11.4 Å². The minimum atomic E-state index is -1.00. The van der Waals surface area contributed by atoms with E-state index in [0.29, 0.717) is 11.4 Å². The molecule has 110 valence electrons. The van der Waals surface area contributed by atoms with Crippen molar-refractivity contribution >= 4 is 11.9 Å². The van der Waals surface area contributed by atoms with Crippen LogP contribution in [0.1, 0.15) is 60.4 Å². The predicted octanol–water partition coefficient (Wildman–Crippen LogP) is 1.82. The molecular weight excluding hydrogens is 258 g/mol. The molecule has 20 heavy (non-hydrogen) atoms. The SMILES string of the molecule is Cc1nn(C(C)C(=O)NC2CCCC2)c(C)c1C(=O)O. The maximum atomic E-state index is 12.2. The number of hydrogen-bond acceptors (Lipinski definition) is 3. The molecule has 0 aromatic carbocycles. The largest absolute Gasteiger partial charge is 0.478 e. The molecule has 0 saturated heterocycles. The lowest BCUT2D eigenvalue weighted by molar-refractivity contribution is -0.124. The number of carboxylic acids is 1. The van der Waals surface area contributed by atoms with Gasteiger partial charge >= 0.3 is 5.97 Å². The van der Waals surface area contributed by atoms with E-state index in [-0.39, 0.29) is 17.5 Å². The number of carbonyl (C=O) groups excluding carboxylic acids is 1. The van der Waals surface area contributed by atoms with Gasteiger partial charge in [-0.15, -0.1) is 0 Å². The minimum absolute atomic E-state index is 0.0977. The molecule has 1 saturated carbocycles. The van der Waals surface area contributed by atoms with E-state index in [0.717, 1.165) is 25.7 Å². The Morgan fingerprint density at radius 2 is 1.95 bits per heavy atom. The van der Waals surface area contributed by atoms with Crippen LogP contribution < -0.4 is 5.32 Å². The summed E-state index contributed by atoms with van der Waals surface area (Å²) in [5.74, 6) is -1.10. The van der Waals surface area contributed by atoms with Crippen molar-refractivity contribution < 1.29 is 14.7 Å². The van der Waals surface area contributed by atoms with Crippen molar-refractivity contribution in [3.05, 3.63) is 17.0 Å². The highest BCUT2D eigenvalue weighted by atomic mass is 16.4. The first-order valence-corrected chi connectivity index (χ1v) is 7.01. The van der Waals surface area contributed by atoms with Gasteiger partial charge in [0.2, 0.25) is 5.91 Å². The number of aromatic carboxylic acids is 1. The highest BCUT2D eigenvalue weighted by molar-refractivity contribution is 5.90. The van der Waals surface area contributed by atoms with Crippen LogP contribution in [0.2, 0.25) is 0 Å². The molecule has 1 heterocycles. The minimum Gasteiger partial charge on any atom is -0.478 e. The molecule has 1 aliphatic rings. The van der Waals surface area contributed by atoms with Gasteiger partial charge in [0.25, 0.3) is 0 Å². The zero-order valence-corrected chi connectivity index (χ0v) is 12.1. The van der Waals surface area contributed by atoms with Gasteiger partial charge in [-0.1, -0.05) is 12.8 Å². The van der Waals surface area contributed by atoms with Crippen molar-refractivity contribution in [2.75, 3.05) is 0 Å². The number of aryl methyl sites for hydroxylation is 1. The van der Waals surface area contributed by atoms with Crippen LogP contribution in [0.15, 0.2) is 0 Å². The van der Waals surface area contributed by atoms with E-state index < -0.39 is 12.0 Å². The van der Waals surface area contributed by atoms with Crippen molar-refractivity contribution in [2.24, 2.45) is 0 Å². The van der Waals surface area contributed by atoms with Gasteiger partial charge in [0.15, 0.2) is 0 Å². The summed E-state index contributed by atoms with van der Waals surface area (Å²) in [7, 11) is 0. The third-order valence-electron chi connectivity index (χ3n) is 3.99. The van der Waals surface area contributed by atoms with Crippen molar-refractivity contribution in [2.45, 2.75) is 58.5 Å². The Kier molecular flexibility index (Phi) is 4.11. The first kappa shape index (κ1) is 14.6. The molecule has 0 radical (unpaired) electrons. The number of amides is 1. The normalized spacial score (nSPS) is 17.1. The molecule has 6 nitrogen and oxygen atoms in total. The zero-order valence-electron chi connectivity index (χ0n) is 12.1. The van der Waals surface area contributed by atoms with Gasteiger partial charge in [0.1, 0.15) is 11.6 Å². The summed E-state index contributed by atoms with van der Waals surface area (Å²) < 4.78 is 1.50. The van der Waals surface area contributed by atoms with Crippen molar-refractivity contribution in [1.82, 2.24) is 15.1 Å². The van der Waals surface area contributed by atoms with Crippen molar-refractivity contribution in [1.29, 1.82) is 0 Å². The predicted molar refractivity (Wildman–Crippen MR) is 73.8 cm³/mol. The summed E-state index contributed by atoms with van der Waals surface area (Å²) in [6.45, 7) is 5.08. The highest BCUT2D eigenvalue weighted by Gasteiger charge is 2.26. The molecule has 1 unspecified atom stereocenters. The van der Waals surface area contributed by atoms with Gasteiger partial charge in [-0.25, -0.2) is 4.79 Å². The Labute approximate surface area is 118 Å². The number of hydrogen-bond donors (Lipinski definition) is 2. The van der Waals surface area contributed by atoms with Crippen LogP contribution in [-0.4, -0.2) is 32.8 Å². The first-order chi connectivity index (χ1) is 9.41. The first-order valence-electron chi connectivity index (χ1n) is 7.01. The summed E-state index contributed by atoms with van der Waals surface area (Å²) in [4.78, 5) is 23.4. The third kappa shape index (κ3) is 2.69. The Balaban J connectivity index is 2.16. The fraction of sp³-hybridized carbons (Fsp3) is 0.643. The van der Waals surface area contributed by atoms with Crippen LogP contribution in [-0.2, 0) is 4.79 Å². The number of rotatable bonds is 4. The van der Waals surface area contributed by atoms with Crippen LogP contribution in [0.25, 0.3) is 0 Å². The van der Waals surface area contributed by atoms with Crippen LogP contribution in [0, 0.1) is 13.8 Å². The van der Waals surface area contributed by atoms with Gasteiger partial charge in [-0.3, -0.25) is 9.48 Å². The quantitative estimate of drug-likeness (QED) is 0.880. The van der Waals surface area contributed by atoms with Gasteiger partial charge < -0.3 is 10.4 Å². The maximum absolute atomic E-state index is 12.2. The second-order valence-electron chi connectivity index (χ2n) is 5.46. The van der Waals surface area contributed by atoms with E-state index in [9.17, 15) is 9.59 Å². The molecule has 2 N–H and O–H groups in total. The molecule has 1 atom stereocenters. The summed E-state index contributed by atoms with van der Waals surface area (Å²) >= 11 is 0. The fourth-order valence-electron chi connectivity index (χ4n) is 2.85. The number of carbonyl (C=O) groups is 2. The molecule has 1 aromatic rings. The molecule has 0 aliphatic heterocycles. The van der Waals surface area contributed by atoms with Gasteiger partial charge in [-0.2, -0.15) is 5.10 Å². The van der Waals surface area contributed by atoms with E-state index in [1.54, 1.807) is 20.8 Å². The maximum Gasteiger partial charge on any atom is 0.339 e. The lowest BCUT2D eigenvalue weighted by atomic mass is 10.2. The topological polar surface area (TPSA) is 84.2 Å². The molecule has 0 spiro atoms. The molecule has 1 fully saturated rings. The molecule has 2 rings (SSSR count). The number of carboxylic acid groups (broad SMARTS) is 1. The van der Waals surface area contributed by atoms with E-state index in [1.807, 2.05) is 0 Å². The molecule has 1 amide bonds. The summed E-state index contributed by atoms with van der Waals surface area (Å²) in [6.07, 6.45) is 4.36. The summed E-state index contributed by atoms with van der Waals surface area (Å²) in [5, 5.41) is 16.4. The average Bonchev–Trinajstić information content (AvgIpc) is 2.96. The van der Waals surface area contributed by atoms with Gasteiger partial charge in [0, 0.05) is 6.04 Å². The van der Waals surface area contributed by atoms with Crippen LogP contribution in [0.3, 0.4) is 0 Å². The van der Waals surface area contributed by atoms with E-state index in [4.69, 9.17) is 5.11 Å². The van der Waals surface area contributed by atoms with E-state index in [2.05, 4.69) is 10.4 Å². The van der Waals surface area contributed by atoms with Gasteiger partial charge in [-0.05, 0) is 33.6 Å². The second-order valence-corrected chi connectivity index (χ2v) is 5.46. The number of nitrogens with one attached hydrogen (secondary N) is 1. The average molecular weight is 279 g/mol. The third-order valence-corrected chi connectivity index (χ3v) is 3.99. The van der Waals surface area contributed by atoms with Crippen LogP contribution >= 0.6 is 0 Å². The fourth-order valence-corrected chi connectivity index (χ4v) is 2.85. The molecule has 0 bridgehead atoms. The summed E-state index contributed by atoms with van der Waals surface area (Å²) in [6, 6.07) is -0.247. The number of nitrogens with zero attached hydrogens (tertiary/aromatic N) is 2. The number of aromatic nitrogens is 2. The monoisotopic (exact) mass is 279 g/mol. The zero-order chi connectivity index (χ0) is 14.9. The Hall–Kier alpha value is -1.85. The lowest BCUT2D eigenvalue weighted by Gasteiger charge is -2.18. The second kappa shape index (κ2) is 5.64. The Morgan fingerprint density at radius 3 is 2.45 bits per heavy atom. The molecular formula is C14H21N3O3. The van der Waals surface area contributed by atoms with Crippen molar-refractivity contribution in [3.63, 3.8) is 0 Å². The summed E-state index contributed by atoms with van der Waals surface area (Å²) in [5.41, 5.74) is 1.14. The standard InChI is InChI=1S/C14H21N3O3/c1-8-12(14(19)20)9(2)17(16-8)10(3)13(18)15-11-6-4-5-7-11/h10-11H,4-7H2,1-3H3,(H,15,18)(H,19,20). The molecule has 1 aromatic heterocycles. The Bertz CT molecular complexity index is 530.